The standard InChI is InChI=1S/C16H24N2O3/c1-3-12(4-2)15(19)17-10-7-13(8-11-17)18-9-5-6-14(18)16(20)21/h5-6,9,12-13H,3-4,7-8,10-11H2,1-2H3,(H,20,21). The monoisotopic (exact) mass is 292 g/mol. The van der Waals surface area contributed by atoms with Gasteiger partial charge in [0.05, 0.1) is 0 Å². The maximum atomic E-state index is 12.4. The Balaban J connectivity index is 1.98. The summed E-state index contributed by atoms with van der Waals surface area (Å²) in [6, 6.07) is 3.58. The van der Waals surface area contributed by atoms with Crippen molar-refractivity contribution in [2.24, 2.45) is 5.92 Å². The number of carbonyl (C=O) groups excluding carboxylic acids is 1. The fourth-order valence-corrected chi connectivity index (χ4v) is 3.15. The van der Waals surface area contributed by atoms with Gasteiger partial charge in [-0.05, 0) is 37.8 Å². The van der Waals surface area contributed by atoms with Gasteiger partial charge in [-0.15, -0.1) is 0 Å². The first kappa shape index (κ1) is 15.6. The van der Waals surface area contributed by atoms with Crippen LogP contribution in [0.1, 0.15) is 56.1 Å². The summed E-state index contributed by atoms with van der Waals surface area (Å²) < 4.78 is 1.83. The van der Waals surface area contributed by atoms with E-state index in [0.717, 1.165) is 38.8 Å². The van der Waals surface area contributed by atoms with Gasteiger partial charge in [0.1, 0.15) is 5.69 Å². The van der Waals surface area contributed by atoms with Gasteiger partial charge in [-0.1, -0.05) is 13.8 Å². The zero-order valence-corrected chi connectivity index (χ0v) is 12.8. The summed E-state index contributed by atoms with van der Waals surface area (Å²) in [5, 5.41) is 9.18. The van der Waals surface area contributed by atoms with Crippen molar-refractivity contribution >= 4 is 11.9 Å². The molecule has 5 heteroatoms. The quantitative estimate of drug-likeness (QED) is 0.907. The van der Waals surface area contributed by atoms with Crippen LogP contribution in [0.2, 0.25) is 0 Å². The number of carboxylic acids is 1. The first-order valence-electron chi connectivity index (χ1n) is 7.77. The van der Waals surface area contributed by atoms with Crippen LogP contribution >= 0.6 is 0 Å². The van der Waals surface area contributed by atoms with Gasteiger partial charge in [0, 0.05) is 31.2 Å². The highest BCUT2D eigenvalue weighted by molar-refractivity contribution is 5.85. The third kappa shape index (κ3) is 3.28. The number of carbonyl (C=O) groups is 2. The molecule has 0 atom stereocenters. The molecule has 1 fully saturated rings. The fourth-order valence-electron chi connectivity index (χ4n) is 3.15. The van der Waals surface area contributed by atoms with Crippen LogP contribution < -0.4 is 0 Å². The number of piperidine rings is 1. The Morgan fingerprint density at radius 2 is 1.90 bits per heavy atom. The van der Waals surface area contributed by atoms with Crippen molar-refractivity contribution in [2.75, 3.05) is 13.1 Å². The zero-order valence-electron chi connectivity index (χ0n) is 12.8. The van der Waals surface area contributed by atoms with Gasteiger partial charge in [0.2, 0.25) is 5.91 Å². The highest BCUT2D eigenvalue weighted by atomic mass is 16.4. The van der Waals surface area contributed by atoms with E-state index in [2.05, 4.69) is 13.8 Å². The third-order valence-corrected chi connectivity index (χ3v) is 4.50. The van der Waals surface area contributed by atoms with Crippen LogP contribution in [0, 0.1) is 5.92 Å². The molecular formula is C16H24N2O3. The van der Waals surface area contributed by atoms with Crippen LogP contribution in [0.4, 0.5) is 0 Å². The Morgan fingerprint density at radius 1 is 1.29 bits per heavy atom. The number of aromatic carboxylic acids is 1. The number of aromatic nitrogens is 1. The maximum Gasteiger partial charge on any atom is 0.352 e. The molecule has 1 aromatic rings. The molecule has 0 aliphatic carbocycles. The number of likely N-dealkylation sites (tertiary alicyclic amines) is 1. The van der Waals surface area contributed by atoms with Gasteiger partial charge >= 0.3 is 5.97 Å². The van der Waals surface area contributed by atoms with E-state index >= 15 is 0 Å². The first-order chi connectivity index (χ1) is 10.1. The van der Waals surface area contributed by atoms with Gasteiger partial charge < -0.3 is 14.6 Å². The Hall–Kier alpha value is -1.78. The Morgan fingerprint density at radius 3 is 2.43 bits per heavy atom. The van der Waals surface area contributed by atoms with Crippen LogP contribution in [-0.2, 0) is 4.79 Å². The molecule has 0 spiro atoms. The number of hydrogen-bond acceptors (Lipinski definition) is 2. The average Bonchev–Trinajstić information content (AvgIpc) is 2.98. The predicted octanol–water partition coefficient (Wildman–Crippen LogP) is 2.79. The van der Waals surface area contributed by atoms with E-state index in [1.165, 1.54) is 0 Å². The van der Waals surface area contributed by atoms with Crippen LogP contribution in [0.15, 0.2) is 18.3 Å². The number of rotatable bonds is 5. The number of hydrogen-bond donors (Lipinski definition) is 1. The summed E-state index contributed by atoms with van der Waals surface area (Å²) in [6.07, 6.45) is 5.24. The lowest BCUT2D eigenvalue weighted by molar-refractivity contribution is -0.137. The highest BCUT2D eigenvalue weighted by Crippen LogP contribution is 2.26. The van der Waals surface area contributed by atoms with E-state index in [1.54, 1.807) is 12.1 Å². The molecule has 1 N–H and O–H groups in total. The molecule has 0 unspecified atom stereocenters. The highest BCUT2D eigenvalue weighted by Gasteiger charge is 2.28. The van der Waals surface area contributed by atoms with Gasteiger partial charge in [-0.25, -0.2) is 4.79 Å². The largest absolute Gasteiger partial charge is 0.477 e. The minimum atomic E-state index is -0.893. The molecule has 5 nitrogen and oxygen atoms in total. The second kappa shape index (κ2) is 6.78. The van der Waals surface area contributed by atoms with Crippen LogP contribution in [0.5, 0.6) is 0 Å². The normalized spacial score (nSPS) is 16.4. The van der Waals surface area contributed by atoms with Gasteiger partial charge in [-0.3, -0.25) is 4.79 Å². The molecule has 1 aromatic heterocycles. The van der Waals surface area contributed by atoms with Gasteiger partial charge in [0.25, 0.3) is 0 Å². The Bertz CT molecular complexity index is 497. The van der Waals surface area contributed by atoms with Crippen molar-refractivity contribution in [1.29, 1.82) is 0 Å². The second-order valence-corrected chi connectivity index (χ2v) is 5.68. The third-order valence-electron chi connectivity index (χ3n) is 4.50. The molecule has 2 rings (SSSR count). The van der Waals surface area contributed by atoms with E-state index in [0.29, 0.717) is 5.69 Å². The lowest BCUT2D eigenvalue weighted by Gasteiger charge is -2.35. The van der Waals surface area contributed by atoms with Crippen molar-refractivity contribution in [2.45, 2.75) is 45.6 Å². The van der Waals surface area contributed by atoms with E-state index in [1.807, 2.05) is 15.7 Å². The summed E-state index contributed by atoms with van der Waals surface area (Å²) in [7, 11) is 0. The summed E-state index contributed by atoms with van der Waals surface area (Å²) in [4.78, 5) is 25.5. The topological polar surface area (TPSA) is 62.5 Å². The number of nitrogens with zero attached hydrogens (tertiary/aromatic N) is 2. The summed E-state index contributed by atoms with van der Waals surface area (Å²) in [5.41, 5.74) is 0.333. The minimum Gasteiger partial charge on any atom is -0.477 e. The van der Waals surface area contributed by atoms with Gasteiger partial charge in [-0.2, -0.15) is 0 Å². The molecule has 1 amide bonds. The van der Waals surface area contributed by atoms with Crippen molar-refractivity contribution in [3.63, 3.8) is 0 Å². The molecule has 0 bridgehead atoms. The molecule has 1 aliphatic rings. The Labute approximate surface area is 125 Å². The Kier molecular flexibility index (Phi) is 5.04. The van der Waals surface area contributed by atoms with Crippen molar-refractivity contribution in [3.05, 3.63) is 24.0 Å². The number of amides is 1. The van der Waals surface area contributed by atoms with Crippen LogP contribution in [-0.4, -0.2) is 39.5 Å². The van der Waals surface area contributed by atoms with Crippen LogP contribution in [0.25, 0.3) is 0 Å². The van der Waals surface area contributed by atoms with Crippen molar-refractivity contribution in [3.8, 4) is 0 Å². The first-order valence-corrected chi connectivity index (χ1v) is 7.77. The molecule has 0 aromatic carbocycles. The van der Waals surface area contributed by atoms with Crippen molar-refractivity contribution < 1.29 is 14.7 Å². The number of carboxylic acid groups (broad SMARTS) is 1. The predicted molar refractivity (Wildman–Crippen MR) is 80.3 cm³/mol. The molecular weight excluding hydrogens is 268 g/mol. The zero-order chi connectivity index (χ0) is 15.4. The summed E-state index contributed by atoms with van der Waals surface area (Å²) >= 11 is 0. The molecule has 0 saturated carbocycles. The maximum absolute atomic E-state index is 12.4. The van der Waals surface area contributed by atoms with Crippen LogP contribution in [0.3, 0.4) is 0 Å². The summed E-state index contributed by atoms with van der Waals surface area (Å²) in [5.74, 6) is -0.511. The summed E-state index contributed by atoms with van der Waals surface area (Å²) in [6.45, 7) is 5.55. The van der Waals surface area contributed by atoms with E-state index < -0.39 is 5.97 Å². The van der Waals surface area contributed by atoms with E-state index in [4.69, 9.17) is 0 Å². The molecule has 1 aliphatic heterocycles. The molecule has 21 heavy (non-hydrogen) atoms. The van der Waals surface area contributed by atoms with Gasteiger partial charge in [0.15, 0.2) is 0 Å². The lowest BCUT2D eigenvalue weighted by atomic mass is 9.98. The lowest BCUT2D eigenvalue weighted by Crippen LogP contribution is -2.42. The minimum absolute atomic E-state index is 0.128. The average molecular weight is 292 g/mol. The van der Waals surface area contributed by atoms with E-state index in [9.17, 15) is 14.7 Å². The van der Waals surface area contributed by atoms with E-state index in [-0.39, 0.29) is 17.9 Å². The molecule has 0 radical (unpaired) electrons. The second-order valence-electron chi connectivity index (χ2n) is 5.68. The molecule has 116 valence electrons. The smallest absolute Gasteiger partial charge is 0.352 e. The molecule has 2 heterocycles. The fraction of sp³-hybridized carbons (Fsp3) is 0.625. The van der Waals surface area contributed by atoms with Crippen molar-refractivity contribution in [1.82, 2.24) is 9.47 Å². The molecule has 1 saturated heterocycles. The SMILES string of the molecule is CCC(CC)C(=O)N1CCC(n2cccc2C(=O)O)CC1.